The maximum Gasteiger partial charge on any atom is 0.274 e. The molecule has 7 heteroatoms. The van der Waals surface area contributed by atoms with Crippen LogP contribution in [-0.2, 0) is 0 Å². The lowest BCUT2D eigenvalue weighted by molar-refractivity contribution is 0.0706. The van der Waals surface area contributed by atoms with Gasteiger partial charge in [-0.2, -0.15) is 0 Å². The molecule has 1 amide bonds. The number of nitrogens with zero attached hydrogens (tertiary/aromatic N) is 1. The summed E-state index contributed by atoms with van der Waals surface area (Å²) >= 11 is 6.38. The van der Waals surface area contributed by atoms with Crippen LogP contribution in [0.15, 0.2) is 103 Å². The first-order valence-corrected chi connectivity index (χ1v) is 12.1. The van der Waals surface area contributed by atoms with Crippen LogP contribution in [0.4, 0.5) is 5.69 Å². The van der Waals surface area contributed by atoms with Gasteiger partial charge >= 0.3 is 0 Å². The molecule has 0 spiro atoms. The van der Waals surface area contributed by atoms with Gasteiger partial charge < -0.3 is 10.1 Å². The monoisotopic (exact) mass is 509 g/mol. The first kappa shape index (κ1) is 24.3. The summed E-state index contributed by atoms with van der Waals surface area (Å²) in [5.74, 6) is 0.187. The lowest BCUT2D eigenvalue weighted by Gasteiger charge is -2.15. The summed E-state index contributed by atoms with van der Waals surface area (Å²) in [6, 6.07) is 28.6. The van der Waals surface area contributed by atoms with E-state index in [1.807, 2.05) is 85.1 Å². The number of hydroxylamine groups is 1. The van der Waals surface area contributed by atoms with Crippen molar-refractivity contribution in [1.29, 1.82) is 0 Å². The summed E-state index contributed by atoms with van der Waals surface area (Å²) < 4.78 is 6.27. The molecule has 0 saturated heterocycles. The zero-order chi connectivity index (χ0) is 25.6. The average molecular weight is 510 g/mol. The van der Waals surface area contributed by atoms with Gasteiger partial charge in [-0.25, -0.2) is 5.48 Å². The number of benzene rings is 4. The maximum atomic E-state index is 11.7. The number of ether oxygens (including phenoxy) is 1. The molecular formula is C30H24ClN3O3. The van der Waals surface area contributed by atoms with E-state index in [0.29, 0.717) is 23.7 Å². The van der Waals surface area contributed by atoms with E-state index in [0.717, 1.165) is 44.2 Å². The Morgan fingerprint density at radius 3 is 2.51 bits per heavy atom. The first-order valence-electron chi connectivity index (χ1n) is 11.7. The molecule has 5 rings (SSSR count). The Morgan fingerprint density at radius 1 is 0.946 bits per heavy atom. The van der Waals surface area contributed by atoms with Crippen molar-refractivity contribution in [3.63, 3.8) is 0 Å². The fraction of sp³-hybridized carbons (Fsp3) is 0.0667. The number of amides is 1. The van der Waals surface area contributed by atoms with Crippen LogP contribution in [0.25, 0.3) is 27.8 Å². The molecule has 0 aliphatic rings. The van der Waals surface area contributed by atoms with Gasteiger partial charge in [0.15, 0.2) is 0 Å². The van der Waals surface area contributed by atoms with Gasteiger partial charge in [-0.3, -0.25) is 15.0 Å². The molecule has 37 heavy (non-hydrogen) atoms. The van der Waals surface area contributed by atoms with Crippen LogP contribution in [0.2, 0.25) is 5.02 Å². The van der Waals surface area contributed by atoms with E-state index in [2.05, 4.69) is 16.4 Å². The number of para-hydroxylation sites is 1. The summed E-state index contributed by atoms with van der Waals surface area (Å²) in [5.41, 5.74) is 5.73. The van der Waals surface area contributed by atoms with Crippen molar-refractivity contribution in [3.8, 4) is 5.75 Å². The van der Waals surface area contributed by atoms with E-state index < -0.39 is 5.91 Å². The molecule has 1 aromatic heterocycles. The van der Waals surface area contributed by atoms with Crippen molar-refractivity contribution in [2.24, 2.45) is 0 Å². The van der Waals surface area contributed by atoms with Crippen LogP contribution in [0, 0.1) is 0 Å². The van der Waals surface area contributed by atoms with E-state index in [1.54, 1.807) is 17.6 Å². The minimum Gasteiger partial charge on any atom is -0.489 e. The van der Waals surface area contributed by atoms with E-state index >= 15 is 0 Å². The molecule has 0 radical (unpaired) electrons. The average Bonchev–Trinajstić information content (AvgIpc) is 2.95. The minimum atomic E-state index is -0.556. The number of pyridine rings is 1. The molecule has 0 aliphatic heterocycles. The molecule has 3 N–H and O–H groups in total. The number of fused-ring (bicyclic) bond motifs is 2. The van der Waals surface area contributed by atoms with Crippen LogP contribution in [-0.4, -0.2) is 29.3 Å². The van der Waals surface area contributed by atoms with E-state index in [9.17, 15) is 4.79 Å². The van der Waals surface area contributed by atoms with Crippen molar-refractivity contribution in [2.45, 2.75) is 0 Å². The standard InChI is InChI=1S/C30H24ClN3O3/c31-27-13-14-29(26-7-3-2-6-25(26)27)37-19-21(15-20-9-11-22(12-10-20)30(35)34-36)17-32-24-16-23-5-1-4-8-28(23)33-18-24/h1-16,18,32,36H,17,19H2,(H,34,35)/b21-15+. The largest absolute Gasteiger partial charge is 0.489 e. The molecule has 6 nitrogen and oxygen atoms in total. The van der Waals surface area contributed by atoms with E-state index in [4.69, 9.17) is 21.5 Å². The van der Waals surface area contributed by atoms with Crippen LogP contribution in [0.1, 0.15) is 15.9 Å². The predicted molar refractivity (Wildman–Crippen MR) is 148 cm³/mol. The lowest BCUT2D eigenvalue weighted by atomic mass is 10.1. The highest BCUT2D eigenvalue weighted by Gasteiger charge is 2.09. The molecule has 1 heterocycles. The Balaban J connectivity index is 1.40. The van der Waals surface area contributed by atoms with E-state index in [-0.39, 0.29) is 0 Å². The summed E-state index contributed by atoms with van der Waals surface area (Å²) in [5, 5.41) is 15.9. The SMILES string of the molecule is O=C(NO)c1ccc(/C=C(\CNc2cnc3ccccc3c2)COc2ccc(Cl)c3ccccc23)cc1. The number of rotatable bonds is 8. The Kier molecular flexibility index (Phi) is 7.31. The molecular weight excluding hydrogens is 486 g/mol. The molecule has 0 unspecified atom stereocenters. The number of aromatic nitrogens is 1. The summed E-state index contributed by atoms with van der Waals surface area (Å²) in [7, 11) is 0. The van der Waals surface area contributed by atoms with Crippen LogP contribution in [0.3, 0.4) is 0 Å². The maximum absolute atomic E-state index is 11.7. The third-order valence-electron chi connectivity index (χ3n) is 6.00. The van der Waals surface area contributed by atoms with Gasteiger partial charge in [-0.05, 0) is 47.5 Å². The van der Waals surface area contributed by atoms with Gasteiger partial charge in [0, 0.05) is 33.3 Å². The molecule has 5 aromatic rings. The third kappa shape index (κ3) is 5.72. The Labute approximate surface area is 219 Å². The number of hydrogen-bond donors (Lipinski definition) is 3. The third-order valence-corrected chi connectivity index (χ3v) is 6.33. The van der Waals surface area contributed by atoms with Crippen LogP contribution in [0.5, 0.6) is 5.75 Å². The van der Waals surface area contributed by atoms with E-state index in [1.165, 1.54) is 0 Å². The topological polar surface area (TPSA) is 83.5 Å². The summed E-state index contributed by atoms with van der Waals surface area (Å²) in [4.78, 5) is 16.2. The normalized spacial score (nSPS) is 11.5. The molecule has 0 aliphatic carbocycles. The number of anilines is 1. The smallest absolute Gasteiger partial charge is 0.274 e. The predicted octanol–water partition coefficient (Wildman–Crippen LogP) is 6.73. The van der Waals surface area contributed by atoms with Crippen molar-refractivity contribution in [3.05, 3.63) is 119 Å². The van der Waals surface area contributed by atoms with Gasteiger partial charge in [0.1, 0.15) is 12.4 Å². The number of halogens is 1. The zero-order valence-corrected chi connectivity index (χ0v) is 20.6. The second-order valence-corrected chi connectivity index (χ2v) is 8.92. The van der Waals surface area contributed by atoms with Gasteiger partial charge in [0.25, 0.3) is 5.91 Å². The molecule has 4 aromatic carbocycles. The second kappa shape index (κ2) is 11.1. The highest BCUT2D eigenvalue weighted by molar-refractivity contribution is 6.35. The van der Waals surface area contributed by atoms with Gasteiger partial charge in [0.2, 0.25) is 0 Å². The van der Waals surface area contributed by atoms with Crippen molar-refractivity contribution in [2.75, 3.05) is 18.5 Å². The van der Waals surface area contributed by atoms with Gasteiger partial charge in [0.05, 0.1) is 17.4 Å². The van der Waals surface area contributed by atoms with Gasteiger partial charge in [-0.15, -0.1) is 0 Å². The van der Waals surface area contributed by atoms with Gasteiger partial charge in [-0.1, -0.05) is 72.3 Å². The Hall–Kier alpha value is -4.39. The summed E-state index contributed by atoms with van der Waals surface area (Å²) in [6.07, 6.45) is 3.83. The fourth-order valence-corrected chi connectivity index (χ4v) is 4.32. The van der Waals surface area contributed by atoms with Crippen LogP contribution < -0.4 is 15.5 Å². The number of hydrogen-bond acceptors (Lipinski definition) is 5. The second-order valence-electron chi connectivity index (χ2n) is 8.52. The molecule has 0 fully saturated rings. The molecule has 0 atom stereocenters. The number of carbonyl (C=O) groups excluding carboxylic acids is 1. The highest BCUT2D eigenvalue weighted by Crippen LogP contribution is 2.31. The Morgan fingerprint density at radius 2 is 1.70 bits per heavy atom. The molecule has 0 saturated carbocycles. The Bertz CT molecular complexity index is 1600. The quantitative estimate of drug-likeness (QED) is 0.159. The first-order chi connectivity index (χ1) is 18.1. The number of carbonyl (C=O) groups is 1. The molecule has 184 valence electrons. The fourth-order valence-electron chi connectivity index (χ4n) is 4.09. The molecule has 0 bridgehead atoms. The van der Waals surface area contributed by atoms with Crippen molar-refractivity contribution in [1.82, 2.24) is 10.5 Å². The minimum absolute atomic E-state index is 0.332. The van der Waals surface area contributed by atoms with Crippen LogP contribution >= 0.6 is 11.6 Å². The number of nitrogens with one attached hydrogen (secondary N) is 2. The highest BCUT2D eigenvalue weighted by atomic mass is 35.5. The van der Waals surface area contributed by atoms with Crippen molar-refractivity contribution >= 4 is 50.9 Å². The summed E-state index contributed by atoms with van der Waals surface area (Å²) in [6.45, 7) is 0.850. The van der Waals surface area contributed by atoms with Crippen molar-refractivity contribution < 1.29 is 14.7 Å². The zero-order valence-electron chi connectivity index (χ0n) is 19.8. The lowest BCUT2D eigenvalue weighted by Crippen LogP contribution is -2.18.